The second-order valence-electron chi connectivity index (χ2n) is 7.98. The third-order valence-electron chi connectivity index (χ3n) is 5.92. The molecule has 2 aromatic rings. The first-order chi connectivity index (χ1) is 14.8. The smallest absolute Gasteiger partial charge is 0.325 e. The Hall–Kier alpha value is -3.68. The molecule has 0 radical (unpaired) electrons. The van der Waals surface area contributed by atoms with Crippen LogP contribution in [0.15, 0.2) is 42.5 Å². The average molecular weight is 420 g/mol. The number of carbonyl (C=O) groups is 4. The topological polar surface area (TPSA) is 108 Å². The van der Waals surface area contributed by atoms with Gasteiger partial charge in [-0.05, 0) is 48.9 Å². The molecule has 0 aromatic heterocycles. The number of nitrogens with one attached hydrogen (secondary N) is 3. The predicted octanol–water partition coefficient (Wildman–Crippen LogP) is 1.75. The maximum absolute atomic E-state index is 13.1. The van der Waals surface area contributed by atoms with Gasteiger partial charge in [0.25, 0.3) is 5.91 Å². The fourth-order valence-corrected chi connectivity index (χ4v) is 4.31. The van der Waals surface area contributed by atoms with E-state index in [1.165, 1.54) is 0 Å². The quantitative estimate of drug-likeness (QED) is 0.641. The van der Waals surface area contributed by atoms with Gasteiger partial charge in [0.15, 0.2) is 0 Å². The van der Waals surface area contributed by atoms with Gasteiger partial charge in [0.1, 0.15) is 12.1 Å². The first kappa shape index (κ1) is 20.6. The molecule has 2 aliphatic rings. The van der Waals surface area contributed by atoms with Crippen molar-refractivity contribution in [2.75, 3.05) is 18.4 Å². The summed E-state index contributed by atoms with van der Waals surface area (Å²) in [5.74, 6) is -1.40. The van der Waals surface area contributed by atoms with E-state index in [1.807, 2.05) is 56.3 Å². The molecule has 160 valence electrons. The number of anilines is 1. The van der Waals surface area contributed by atoms with Gasteiger partial charge in [-0.25, -0.2) is 4.79 Å². The van der Waals surface area contributed by atoms with Crippen molar-refractivity contribution in [2.45, 2.75) is 32.2 Å². The van der Waals surface area contributed by atoms with Crippen LogP contribution in [0, 0.1) is 13.8 Å². The van der Waals surface area contributed by atoms with Crippen LogP contribution < -0.4 is 16.0 Å². The van der Waals surface area contributed by atoms with Crippen molar-refractivity contribution in [3.05, 3.63) is 64.7 Å². The first-order valence-corrected chi connectivity index (χ1v) is 10.2. The molecule has 1 aliphatic heterocycles. The van der Waals surface area contributed by atoms with Crippen LogP contribution in [0.2, 0.25) is 0 Å². The highest BCUT2D eigenvalue weighted by atomic mass is 16.2. The fourth-order valence-electron chi connectivity index (χ4n) is 4.31. The average Bonchev–Trinajstić information content (AvgIpc) is 3.23. The molecule has 31 heavy (non-hydrogen) atoms. The number of aryl methyl sites for hydroxylation is 3. The third kappa shape index (κ3) is 3.65. The lowest BCUT2D eigenvalue weighted by Gasteiger charge is -2.22. The minimum absolute atomic E-state index is 0.260. The molecule has 8 heteroatoms. The summed E-state index contributed by atoms with van der Waals surface area (Å²) in [5.41, 5.74) is 3.24. The number of urea groups is 1. The van der Waals surface area contributed by atoms with E-state index in [1.54, 1.807) is 0 Å². The van der Waals surface area contributed by atoms with Crippen molar-refractivity contribution in [3.8, 4) is 0 Å². The molecule has 4 rings (SSSR count). The fraction of sp³-hybridized carbons (Fsp3) is 0.304. The zero-order chi connectivity index (χ0) is 22.2. The zero-order valence-corrected chi connectivity index (χ0v) is 17.5. The summed E-state index contributed by atoms with van der Waals surface area (Å²) in [6.07, 6.45) is 1.15. The lowest BCUT2D eigenvalue weighted by molar-refractivity contribution is -0.135. The number of amides is 5. The van der Waals surface area contributed by atoms with Crippen LogP contribution in [-0.4, -0.2) is 41.7 Å². The van der Waals surface area contributed by atoms with Crippen molar-refractivity contribution in [2.24, 2.45) is 0 Å². The van der Waals surface area contributed by atoms with Crippen LogP contribution in [0.4, 0.5) is 10.5 Å². The monoisotopic (exact) mass is 420 g/mol. The molecule has 1 atom stereocenters. The van der Waals surface area contributed by atoms with Crippen molar-refractivity contribution < 1.29 is 19.2 Å². The van der Waals surface area contributed by atoms with Crippen LogP contribution in [0.1, 0.15) is 28.7 Å². The van der Waals surface area contributed by atoms with Crippen molar-refractivity contribution in [3.63, 3.8) is 0 Å². The van der Waals surface area contributed by atoms with E-state index < -0.39 is 29.9 Å². The highest BCUT2D eigenvalue weighted by Gasteiger charge is 2.55. The molecule has 0 bridgehead atoms. The van der Waals surface area contributed by atoms with Crippen molar-refractivity contribution in [1.29, 1.82) is 0 Å². The number of imide groups is 1. The molecule has 1 saturated heterocycles. The van der Waals surface area contributed by atoms with E-state index in [0.717, 1.165) is 27.2 Å². The maximum atomic E-state index is 13.1. The summed E-state index contributed by atoms with van der Waals surface area (Å²) in [4.78, 5) is 51.1. The van der Waals surface area contributed by atoms with Gasteiger partial charge in [0, 0.05) is 5.69 Å². The zero-order valence-electron chi connectivity index (χ0n) is 17.5. The number of fused-ring (bicyclic) bond motifs is 2. The lowest BCUT2D eigenvalue weighted by Crippen LogP contribution is -2.44. The number of hydrogen-bond donors (Lipinski definition) is 3. The standard InChI is InChI=1S/C23H24N4O4/c1-14-6-5-7-15(2)20(14)25-18(28)12-24-19(29)13-27-21(30)23(26-22(27)31)11-10-16-8-3-4-9-17(16)23/h3-9H,10-13H2,1-2H3,(H,24,29)(H,25,28)(H,26,31)/t23-/m0/s1. The minimum atomic E-state index is -1.10. The van der Waals surface area contributed by atoms with Crippen LogP contribution in [0.25, 0.3) is 0 Å². The van der Waals surface area contributed by atoms with Crippen molar-refractivity contribution in [1.82, 2.24) is 15.5 Å². The van der Waals surface area contributed by atoms with Gasteiger partial charge >= 0.3 is 6.03 Å². The Morgan fingerprint density at radius 3 is 2.48 bits per heavy atom. The molecular formula is C23H24N4O4. The number of benzene rings is 2. The van der Waals surface area contributed by atoms with Crippen LogP contribution >= 0.6 is 0 Å². The molecule has 3 N–H and O–H groups in total. The molecule has 0 unspecified atom stereocenters. The number of nitrogens with zero attached hydrogens (tertiary/aromatic N) is 1. The Bertz CT molecular complexity index is 1080. The van der Waals surface area contributed by atoms with E-state index in [2.05, 4.69) is 16.0 Å². The van der Waals surface area contributed by atoms with E-state index >= 15 is 0 Å². The highest BCUT2D eigenvalue weighted by Crippen LogP contribution is 2.41. The van der Waals surface area contributed by atoms with Gasteiger partial charge in [-0.2, -0.15) is 0 Å². The first-order valence-electron chi connectivity index (χ1n) is 10.2. The van der Waals surface area contributed by atoms with Crippen LogP contribution in [0.3, 0.4) is 0 Å². The van der Waals surface area contributed by atoms with Gasteiger partial charge < -0.3 is 16.0 Å². The largest absolute Gasteiger partial charge is 0.345 e. The Morgan fingerprint density at radius 1 is 1.03 bits per heavy atom. The number of rotatable bonds is 5. The van der Waals surface area contributed by atoms with Crippen LogP contribution in [0.5, 0.6) is 0 Å². The second-order valence-corrected chi connectivity index (χ2v) is 7.98. The maximum Gasteiger partial charge on any atom is 0.325 e. The Kier molecular flexibility index (Phi) is 5.22. The molecule has 1 aliphatic carbocycles. The molecular weight excluding hydrogens is 396 g/mol. The van der Waals surface area contributed by atoms with E-state index in [4.69, 9.17) is 0 Å². The van der Waals surface area contributed by atoms with E-state index in [9.17, 15) is 19.2 Å². The predicted molar refractivity (Wildman–Crippen MR) is 114 cm³/mol. The lowest BCUT2D eigenvalue weighted by atomic mass is 9.92. The molecule has 5 amide bonds. The number of hydrogen-bond acceptors (Lipinski definition) is 4. The third-order valence-corrected chi connectivity index (χ3v) is 5.92. The molecule has 8 nitrogen and oxygen atoms in total. The summed E-state index contributed by atoms with van der Waals surface area (Å²) >= 11 is 0. The second kappa shape index (κ2) is 7.86. The Labute approximate surface area is 180 Å². The number of para-hydroxylation sites is 1. The summed E-state index contributed by atoms with van der Waals surface area (Å²) < 4.78 is 0. The van der Waals surface area contributed by atoms with Crippen LogP contribution in [-0.2, 0) is 26.3 Å². The molecule has 1 heterocycles. The normalized spacial score (nSPS) is 19.4. The van der Waals surface area contributed by atoms with E-state index in [-0.39, 0.29) is 12.5 Å². The molecule has 0 saturated carbocycles. The summed E-state index contributed by atoms with van der Waals surface area (Å²) in [6, 6.07) is 12.6. The van der Waals surface area contributed by atoms with Gasteiger partial charge in [0.2, 0.25) is 11.8 Å². The Morgan fingerprint density at radius 2 is 1.74 bits per heavy atom. The molecule has 1 fully saturated rings. The SMILES string of the molecule is Cc1cccc(C)c1NC(=O)CNC(=O)CN1C(=O)N[C@]2(CCc3ccccc32)C1=O. The van der Waals surface area contributed by atoms with Gasteiger partial charge in [-0.1, -0.05) is 42.5 Å². The summed E-state index contributed by atoms with van der Waals surface area (Å²) in [5, 5.41) is 8.04. The van der Waals surface area contributed by atoms with Gasteiger partial charge in [0.05, 0.1) is 6.54 Å². The minimum Gasteiger partial charge on any atom is -0.345 e. The highest BCUT2D eigenvalue weighted by molar-refractivity contribution is 6.10. The van der Waals surface area contributed by atoms with Gasteiger partial charge in [-0.15, -0.1) is 0 Å². The van der Waals surface area contributed by atoms with E-state index in [0.29, 0.717) is 18.5 Å². The molecule has 2 aromatic carbocycles. The van der Waals surface area contributed by atoms with Gasteiger partial charge in [-0.3, -0.25) is 19.3 Å². The molecule has 1 spiro atoms. The van der Waals surface area contributed by atoms with Crippen molar-refractivity contribution >= 4 is 29.4 Å². The summed E-state index contributed by atoms with van der Waals surface area (Å²) in [7, 11) is 0. The number of carbonyl (C=O) groups excluding carboxylic acids is 4. The summed E-state index contributed by atoms with van der Waals surface area (Å²) in [6.45, 7) is 3.07. The Balaban J connectivity index is 1.37.